The molecule has 0 aliphatic heterocycles. The zero-order valence-electron chi connectivity index (χ0n) is 17.9. The normalized spacial score (nSPS) is 11.7. The molecule has 0 saturated heterocycles. The number of nitrogens with zero attached hydrogens (tertiary/aromatic N) is 1. The summed E-state index contributed by atoms with van der Waals surface area (Å²) in [5, 5.41) is 0. The van der Waals surface area contributed by atoms with E-state index in [-0.39, 0.29) is 6.04 Å². The first-order chi connectivity index (χ1) is 14.7. The van der Waals surface area contributed by atoms with Crippen molar-refractivity contribution in [3.8, 4) is 11.8 Å². The van der Waals surface area contributed by atoms with E-state index in [1.165, 1.54) is 28.7 Å². The maximum atomic E-state index is 3.74. The Kier molecular flexibility index (Phi) is 8.75. The van der Waals surface area contributed by atoms with Crippen molar-refractivity contribution in [3.05, 3.63) is 106 Å². The van der Waals surface area contributed by atoms with Gasteiger partial charge in [-0.25, -0.2) is 0 Å². The van der Waals surface area contributed by atoms with Crippen molar-refractivity contribution < 1.29 is 0 Å². The molecule has 0 aliphatic carbocycles. The van der Waals surface area contributed by atoms with Crippen molar-refractivity contribution in [2.45, 2.75) is 52.2 Å². The summed E-state index contributed by atoms with van der Waals surface area (Å²) in [7, 11) is 0. The molecule has 3 aromatic rings. The minimum absolute atomic E-state index is 0.0507. The Balaban J connectivity index is 1.98. The maximum absolute atomic E-state index is 3.74. The molecule has 0 saturated carbocycles. The summed E-state index contributed by atoms with van der Waals surface area (Å²) in [4.78, 5) is 2.49. The summed E-state index contributed by atoms with van der Waals surface area (Å²) < 4.78 is 1.14. The number of halogens is 1. The second-order valence-electron chi connectivity index (χ2n) is 7.72. The van der Waals surface area contributed by atoms with E-state index in [4.69, 9.17) is 0 Å². The standard InChI is InChI=1S/C28H30BrN/c1-3-4-5-9-16-28(25-19-17-23(2)18-20-25)30(21-24-12-7-6-8-13-24)22-26-14-10-11-15-27(26)29/h6-8,10-15,17-20,28H,3-5,21-22H2,1-2H3. The van der Waals surface area contributed by atoms with Crippen LogP contribution in [0.5, 0.6) is 0 Å². The van der Waals surface area contributed by atoms with E-state index < -0.39 is 0 Å². The van der Waals surface area contributed by atoms with Crippen molar-refractivity contribution in [2.75, 3.05) is 0 Å². The van der Waals surface area contributed by atoms with Crippen LogP contribution >= 0.6 is 15.9 Å². The molecule has 0 spiro atoms. The van der Waals surface area contributed by atoms with Gasteiger partial charge in [0.05, 0.1) is 6.04 Å². The van der Waals surface area contributed by atoms with Gasteiger partial charge in [-0.3, -0.25) is 4.90 Å². The van der Waals surface area contributed by atoms with Gasteiger partial charge in [0.1, 0.15) is 0 Å². The van der Waals surface area contributed by atoms with Gasteiger partial charge in [-0.15, -0.1) is 5.92 Å². The number of rotatable bonds is 8. The summed E-state index contributed by atoms with van der Waals surface area (Å²) in [5.74, 6) is 7.07. The zero-order valence-corrected chi connectivity index (χ0v) is 19.5. The summed E-state index contributed by atoms with van der Waals surface area (Å²) in [6.07, 6.45) is 3.28. The molecule has 3 aromatic carbocycles. The van der Waals surface area contributed by atoms with Crippen molar-refractivity contribution >= 4 is 15.9 Å². The molecule has 0 aromatic heterocycles. The lowest BCUT2D eigenvalue weighted by Gasteiger charge is -2.29. The highest BCUT2D eigenvalue weighted by molar-refractivity contribution is 9.10. The first kappa shape index (κ1) is 22.3. The van der Waals surface area contributed by atoms with Gasteiger partial charge in [0, 0.05) is 24.0 Å². The number of benzene rings is 3. The molecule has 0 aliphatic rings. The quantitative estimate of drug-likeness (QED) is 0.246. The molecule has 0 fully saturated rings. The molecule has 0 amide bonds. The van der Waals surface area contributed by atoms with Crippen LogP contribution in [0.2, 0.25) is 0 Å². The predicted octanol–water partition coefficient (Wildman–Crippen LogP) is 7.69. The number of hydrogen-bond donors (Lipinski definition) is 0. The highest BCUT2D eigenvalue weighted by Gasteiger charge is 2.20. The Bertz CT molecular complexity index is 967. The average Bonchev–Trinajstić information content (AvgIpc) is 2.77. The largest absolute Gasteiger partial charge is 0.277 e. The zero-order chi connectivity index (χ0) is 21.2. The van der Waals surface area contributed by atoms with Gasteiger partial charge in [-0.05, 0) is 36.1 Å². The Labute approximate surface area is 190 Å². The average molecular weight is 460 g/mol. The topological polar surface area (TPSA) is 3.24 Å². The van der Waals surface area contributed by atoms with Crippen LogP contribution in [-0.4, -0.2) is 4.90 Å². The van der Waals surface area contributed by atoms with Crippen molar-refractivity contribution in [1.82, 2.24) is 4.90 Å². The monoisotopic (exact) mass is 459 g/mol. The van der Waals surface area contributed by atoms with E-state index in [9.17, 15) is 0 Å². The fourth-order valence-electron chi connectivity index (χ4n) is 3.47. The van der Waals surface area contributed by atoms with E-state index in [0.29, 0.717) is 0 Å². The molecular weight excluding hydrogens is 430 g/mol. The fourth-order valence-corrected chi connectivity index (χ4v) is 3.88. The van der Waals surface area contributed by atoms with Crippen LogP contribution in [0.3, 0.4) is 0 Å². The van der Waals surface area contributed by atoms with Crippen molar-refractivity contribution in [2.24, 2.45) is 0 Å². The molecule has 0 radical (unpaired) electrons. The van der Waals surface area contributed by atoms with Gasteiger partial charge < -0.3 is 0 Å². The highest BCUT2D eigenvalue weighted by atomic mass is 79.9. The molecule has 1 unspecified atom stereocenters. The summed E-state index contributed by atoms with van der Waals surface area (Å²) in [5.41, 5.74) is 5.11. The number of aryl methyl sites for hydroxylation is 1. The van der Waals surface area contributed by atoms with Crippen LogP contribution in [-0.2, 0) is 13.1 Å². The van der Waals surface area contributed by atoms with Gasteiger partial charge >= 0.3 is 0 Å². The second kappa shape index (κ2) is 11.7. The third kappa shape index (κ3) is 6.59. The number of hydrogen-bond acceptors (Lipinski definition) is 1. The maximum Gasteiger partial charge on any atom is 0.0976 e. The summed E-state index contributed by atoms with van der Waals surface area (Å²) in [6.45, 7) is 6.03. The molecular formula is C28H30BrN. The molecule has 1 atom stereocenters. The minimum atomic E-state index is 0.0507. The van der Waals surface area contributed by atoms with Crippen molar-refractivity contribution in [1.29, 1.82) is 0 Å². The summed E-state index contributed by atoms with van der Waals surface area (Å²) >= 11 is 3.74. The molecule has 0 N–H and O–H groups in total. The third-order valence-corrected chi connectivity index (χ3v) is 5.99. The van der Waals surface area contributed by atoms with Crippen LogP contribution < -0.4 is 0 Å². The second-order valence-corrected chi connectivity index (χ2v) is 8.57. The van der Waals surface area contributed by atoms with E-state index in [2.05, 4.69) is 125 Å². The van der Waals surface area contributed by atoms with E-state index in [0.717, 1.165) is 30.4 Å². The van der Waals surface area contributed by atoms with Gasteiger partial charge in [-0.1, -0.05) is 114 Å². The van der Waals surface area contributed by atoms with Crippen LogP contribution in [0.25, 0.3) is 0 Å². The van der Waals surface area contributed by atoms with E-state index >= 15 is 0 Å². The van der Waals surface area contributed by atoms with Crippen LogP contribution in [0.1, 0.15) is 54.5 Å². The van der Waals surface area contributed by atoms with Gasteiger partial charge in [0.25, 0.3) is 0 Å². The lowest BCUT2D eigenvalue weighted by Crippen LogP contribution is -2.27. The Morgan fingerprint density at radius 1 is 0.867 bits per heavy atom. The number of unbranched alkanes of at least 4 members (excludes halogenated alkanes) is 2. The molecule has 30 heavy (non-hydrogen) atoms. The smallest absolute Gasteiger partial charge is 0.0976 e. The first-order valence-electron chi connectivity index (χ1n) is 10.7. The molecule has 2 heteroatoms. The minimum Gasteiger partial charge on any atom is -0.277 e. The molecule has 1 nitrogen and oxygen atoms in total. The predicted molar refractivity (Wildman–Crippen MR) is 131 cm³/mol. The Morgan fingerprint density at radius 3 is 2.27 bits per heavy atom. The van der Waals surface area contributed by atoms with Crippen LogP contribution in [0, 0.1) is 18.8 Å². The Morgan fingerprint density at radius 2 is 1.57 bits per heavy atom. The fraction of sp³-hybridized carbons (Fsp3) is 0.286. The molecule has 0 bridgehead atoms. The van der Waals surface area contributed by atoms with E-state index in [1.807, 2.05) is 0 Å². The molecule has 154 valence electrons. The van der Waals surface area contributed by atoms with Gasteiger partial charge in [0.2, 0.25) is 0 Å². The van der Waals surface area contributed by atoms with Crippen LogP contribution in [0.4, 0.5) is 0 Å². The van der Waals surface area contributed by atoms with Crippen LogP contribution in [0.15, 0.2) is 83.3 Å². The lowest BCUT2D eigenvalue weighted by atomic mass is 10.0. The summed E-state index contributed by atoms with van der Waals surface area (Å²) in [6, 6.07) is 28.1. The highest BCUT2D eigenvalue weighted by Crippen LogP contribution is 2.27. The van der Waals surface area contributed by atoms with Crippen molar-refractivity contribution in [3.63, 3.8) is 0 Å². The molecule has 0 heterocycles. The first-order valence-corrected chi connectivity index (χ1v) is 11.5. The lowest BCUT2D eigenvalue weighted by molar-refractivity contribution is 0.218. The van der Waals surface area contributed by atoms with Gasteiger partial charge in [0.15, 0.2) is 0 Å². The van der Waals surface area contributed by atoms with E-state index in [1.54, 1.807) is 0 Å². The Hall–Kier alpha value is -2.34. The third-order valence-electron chi connectivity index (χ3n) is 5.21. The molecule has 3 rings (SSSR count). The SMILES string of the molecule is CCCCC#CC(c1ccc(C)cc1)N(Cc1ccccc1)Cc1ccccc1Br. The van der Waals surface area contributed by atoms with Gasteiger partial charge in [-0.2, -0.15) is 0 Å².